The zero-order valence-electron chi connectivity index (χ0n) is 14.8. The minimum Gasteiger partial charge on any atom is -0.317 e. The second-order valence-electron chi connectivity index (χ2n) is 8.35. The van der Waals surface area contributed by atoms with Gasteiger partial charge in [-0.15, -0.1) is 6.58 Å². The van der Waals surface area contributed by atoms with Gasteiger partial charge in [-0.2, -0.15) is 0 Å². The first kappa shape index (κ1) is 19.4. The number of carbonyl (C=O) groups is 1. The molecular formula is C18H35NO. The monoisotopic (exact) mass is 281 g/mol. The van der Waals surface area contributed by atoms with Crippen molar-refractivity contribution in [2.75, 3.05) is 7.05 Å². The van der Waals surface area contributed by atoms with E-state index in [1.165, 1.54) is 6.29 Å². The van der Waals surface area contributed by atoms with Crippen molar-refractivity contribution < 1.29 is 4.79 Å². The molecule has 0 radical (unpaired) electrons. The lowest BCUT2D eigenvalue weighted by molar-refractivity contribution is -0.120. The molecule has 2 unspecified atom stereocenters. The van der Waals surface area contributed by atoms with E-state index in [-0.39, 0.29) is 22.2 Å². The van der Waals surface area contributed by atoms with Crippen LogP contribution in [0.1, 0.15) is 61.3 Å². The van der Waals surface area contributed by atoms with Crippen molar-refractivity contribution in [1.82, 2.24) is 5.32 Å². The first-order valence-electron chi connectivity index (χ1n) is 7.68. The van der Waals surface area contributed by atoms with E-state index in [0.29, 0.717) is 6.04 Å². The molecule has 0 aliphatic rings. The molecule has 118 valence electrons. The van der Waals surface area contributed by atoms with Crippen molar-refractivity contribution in [2.24, 2.45) is 22.2 Å². The molecule has 0 spiro atoms. The van der Waals surface area contributed by atoms with Crippen molar-refractivity contribution in [3.8, 4) is 0 Å². The largest absolute Gasteiger partial charge is 0.317 e. The summed E-state index contributed by atoms with van der Waals surface area (Å²) in [6, 6.07) is 0.413. The van der Waals surface area contributed by atoms with Gasteiger partial charge in [0.2, 0.25) is 0 Å². The Morgan fingerprint density at radius 2 is 1.60 bits per heavy atom. The molecule has 0 saturated heterocycles. The molecule has 0 heterocycles. The molecule has 0 rings (SSSR count). The van der Waals surface area contributed by atoms with E-state index >= 15 is 0 Å². The van der Waals surface area contributed by atoms with Crippen LogP contribution < -0.4 is 5.32 Å². The van der Waals surface area contributed by atoms with E-state index in [4.69, 9.17) is 0 Å². The topological polar surface area (TPSA) is 29.1 Å². The Bertz CT molecular complexity index is 328. The molecule has 1 N–H and O–H groups in total. The van der Waals surface area contributed by atoms with E-state index in [9.17, 15) is 4.79 Å². The van der Waals surface area contributed by atoms with Gasteiger partial charge in [0.15, 0.2) is 0 Å². The minimum atomic E-state index is -0.0452. The number of hydrogen-bond acceptors (Lipinski definition) is 2. The molecule has 0 amide bonds. The maximum Gasteiger partial charge on any atom is 0.124 e. The van der Waals surface area contributed by atoms with Crippen LogP contribution in [-0.4, -0.2) is 19.4 Å². The highest BCUT2D eigenvalue weighted by Gasteiger charge is 2.43. The molecular weight excluding hydrogens is 246 g/mol. The van der Waals surface area contributed by atoms with Crippen LogP contribution >= 0.6 is 0 Å². The van der Waals surface area contributed by atoms with E-state index < -0.39 is 0 Å². The second-order valence-corrected chi connectivity index (χ2v) is 8.35. The van der Waals surface area contributed by atoms with Gasteiger partial charge in [-0.05, 0) is 43.1 Å². The number of aldehydes is 1. The number of hydrogen-bond donors (Lipinski definition) is 1. The van der Waals surface area contributed by atoms with Gasteiger partial charge in [-0.25, -0.2) is 0 Å². The fraction of sp³-hybridized carbons (Fsp3) is 0.833. The summed E-state index contributed by atoms with van der Waals surface area (Å²) in [6.45, 7) is 19.3. The predicted molar refractivity (Wildman–Crippen MR) is 88.8 cm³/mol. The van der Waals surface area contributed by atoms with Crippen LogP contribution in [0.5, 0.6) is 0 Å². The highest BCUT2D eigenvalue weighted by atomic mass is 16.1. The number of allylic oxidation sites excluding steroid dienone is 1. The Balaban J connectivity index is 5.23. The SMILES string of the molecule is C=CC(C)(C)CC(C)(C)C(C=O)C(C)(C)CC(C)NC. The zero-order chi connectivity index (χ0) is 16.2. The van der Waals surface area contributed by atoms with Gasteiger partial charge in [0, 0.05) is 12.0 Å². The summed E-state index contributed by atoms with van der Waals surface area (Å²) in [4.78, 5) is 11.8. The van der Waals surface area contributed by atoms with Crippen LogP contribution in [0.25, 0.3) is 0 Å². The summed E-state index contributed by atoms with van der Waals surface area (Å²) in [5.74, 6) is 0.0324. The second kappa shape index (κ2) is 6.89. The van der Waals surface area contributed by atoms with E-state index in [2.05, 4.69) is 60.4 Å². The maximum atomic E-state index is 11.8. The van der Waals surface area contributed by atoms with E-state index in [1.807, 2.05) is 13.1 Å². The summed E-state index contributed by atoms with van der Waals surface area (Å²) in [5, 5.41) is 3.28. The number of nitrogens with one attached hydrogen (secondary N) is 1. The Kier molecular flexibility index (Phi) is 6.67. The number of rotatable bonds is 9. The molecule has 0 aliphatic heterocycles. The van der Waals surface area contributed by atoms with Gasteiger partial charge in [-0.3, -0.25) is 0 Å². The molecule has 2 nitrogen and oxygen atoms in total. The molecule has 0 aromatic carbocycles. The van der Waals surface area contributed by atoms with Crippen molar-refractivity contribution in [3.05, 3.63) is 12.7 Å². The van der Waals surface area contributed by atoms with Crippen LogP contribution in [0.3, 0.4) is 0 Å². The summed E-state index contributed by atoms with van der Waals surface area (Å²) in [5.41, 5.74) is -0.0171. The normalized spacial score (nSPS) is 16.6. The Morgan fingerprint density at radius 3 is 1.95 bits per heavy atom. The molecule has 2 heteroatoms. The molecule has 0 bridgehead atoms. The summed E-state index contributed by atoms with van der Waals surface area (Å²) < 4.78 is 0. The average molecular weight is 281 g/mol. The van der Waals surface area contributed by atoms with E-state index in [1.54, 1.807) is 0 Å². The van der Waals surface area contributed by atoms with Crippen LogP contribution in [-0.2, 0) is 4.79 Å². The Hall–Kier alpha value is -0.630. The number of carbonyl (C=O) groups excluding carboxylic acids is 1. The van der Waals surface area contributed by atoms with Crippen molar-refractivity contribution in [1.29, 1.82) is 0 Å². The van der Waals surface area contributed by atoms with Crippen molar-refractivity contribution in [3.63, 3.8) is 0 Å². The fourth-order valence-electron chi connectivity index (χ4n) is 3.80. The smallest absolute Gasteiger partial charge is 0.124 e. The van der Waals surface area contributed by atoms with Crippen LogP contribution in [0.4, 0.5) is 0 Å². The zero-order valence-corrected chi connectivity index (χ0v) is 14.8. The molecule has 0 aromatic rings. The van der Waals surface area contributed by atoms with Crippen LogP contribution in [0.15, 0.2) is 12.7 Å². The van der Waals surface area contributed by atoms with Gasteiger partial charge in [0.05, 0.1) is 0 Å². The quantitative estimate of drug-likeness (QED) is 0.499. The first-order valence-corrected chi connectivity index (χ1v) is 7.68. The Labute approximate surface area is 126 Å². The van der Waals surface area contributed by atoms with Crippen molar-refractivity contribution in [2.45, 2.75) is 67.3 Å². The molecule has 0 fully saturated rings. The molecule has 0 saturated carbocycles. The van der Waals surface area contributed by atoms with Crippen molar-refractivity contribution >= 4 is 6.29 Å². The first-order chi connectivity index (χ1) is 8.91. The van der Waals surface area contributed by atoms with Crippen LogP contribution in [0, 0.1) is 22.2 Å². The third-order valence-corrected chi connectivity index (χ3v) is 4.61. The standard InChI is InChI=1S/C18H35NO/c1-10-16(3,4)13-18(7,8)15(12-20)17(5,6)11-14(2)19-9/h10,12,14-15,19H,1,11,13H2,2-9H3. The maximum absolute atomic E-state index is 11.8. The third-order valence-electron chi connectivity index (χ3n) is 4.61. The molecule has 2 atom stereocenters. The van der Waals surface area contributed by atoms with E-state index in [0.717, 1.165) is 12.8 Å². The lowest BCUT2D eigenvalue weighted by Crippen LogP contribution is -2.42. The van der Waals surface area contributed by atoms with Gasteiger partial charge in [-0.1, -0.05) is 47.6 Å². The van der Waals surface area contributed by atoms with Gasteiger partial charge in [0.1, 0.15) is 6.29 Å². The third kappa shape index (κ3) is 5.40. The molecule has 0 aromatic heterocycles. The lowest BCUT2D eigenvalue weighted by atomic mass is 9.59. The summed E-state index contributed by atoms with van der Waals surface area (Å²) in [6.07, 6.45) is 5.12. The lowest BCUT2D eigenvalue weighted by Gasteiger charge is -2.45. The Morgan fingerprint density at radius 1 is 1.10 bits per heavy atom. The van der Waals surface area contributed by atoms with Gasteiger partial charge in [0.25, 0.3) is 0 Å². The minimum absolute atomic E-state index is 0.0229. The average Bonchev–Trinajstić information content (AvgIpc) is 2.26. The predicted octanol–water partition coefficient (Wildman–Crippen LogP) is 4.45. The summed E-state index contributed by atoms with van der Waals surface area (Å²) in [7, 11) is 1.97. The van der Waals surface area contributed by atoms with Gasteiger partial charge < -0.3 is 10.1 Å². The highest BCUT2D eigenvalue weighted by Crippen LogP contribution is 2.47. The summed E-state index contributed by atoms with van der Waals surface area (Å²) >= 11 is 0. The highest BCUT2D eigenvalue weighted by molar-refractivity contribution is 5.56. The fourth-order valence-corrected chi connectivity index (χ4v) is 3.80. The van der Waals surface area contributed by atoms with Gasteiger partial charge >= 0.3 is 0 Å². The molecule has 0 aliphatic carbocycles. The molecule has 20 heavy (non-hydrogen) atoms. The van der Waals surface area contributed by atoms with Crippen LogP contribution in [0.2, 0.25) is 0 Å².